The molecule has 3 nitrogen and oxygen atoms in total. The molecule has 100 valence electrons. The van der Waals surface area contributed by atoms with Gasteiger partial charge in [0.2, 0.25) is 0 Å². The van der Waals surface area contributed by atoms with Crippen LogP contribution in [-0.4, -0.2) is 17.1 Å². The fourth-order valence-electron chi connectivity index (χ4n) is 2.05. The van der Waals surface area contributed by atoms with Gasteiger partial charge in [0.1, 0.15) is 0 Å². The van der Waals surface area contributed by atoms with Crippen molar-refractivity contribution in [2.24, 2.45) is 0 Å². The van der Waals surface area contributed by atoms with Crippen molar-refractivity contribution in [1.82, 2.24) is 9.97 Å². The third kappa shape index (κ3) is 2.92. The van der Waals surface area contributed by atoms with Crippen molar-refractivity contribution in [2.45, 2.75) is 33.6 Å². The molecule has 0 spiro atoms. The number of aryl methyl sites for hydroxylation is 2. The second-order valence-electron chi connectivity index (χ2n) is 5.11. The number of benzene rings is 1. The first-order chi connectivity index (χ1) is 9.01. The number of aromatic nitrogens is 2. The average Bonchev–Trinajstić information content (AvgIpc) is 2.38. The average molecular weight is 256 g/mol. The molecule has 1 heterocycles. The zero-order valence-corrected chi connectivity index (χ0v) is 12.2. The van der Waals surface area contributed by atoms with Crippen LogP contribution in [0.15, 0.2) is 24.3 Å². The van der Waals surface area contributed by atoms with E-state index in [0.29, 0.717) is 11.9 Å². The number of methoxy groups -OCH3 is 1. The van der Waals surface area contributed by atoms with E-state index in [-0.39, 0.29) is 0 Å². The number of hydrogen-bond acceptors (Lipinski definition) is 3. The first-order valence-electron chi connectivity index (χ1n) is 6.52. The van der Waals surface area contributed by atoms with Gasteiger partial charge in [0.25, 0.3) is 0 Å². The van der Waals surface area contributed by atoms with Gasteiger partial charge in [-0.25, -0.2) is 4.98 Å². The molecule has 0 aliphatic carbocycles. The summed E-state index contributed by atoms with van der Waals surface area (Å²) in [7, 11) is 1.59. The van der Waals surface area contributed by atoms with Gasteiger partial charge in [0, 0.05) is 11.3 Å². The van der Waals surface area contributed by atoms with Crippen molar-refractivity contribution in [1.29, 1.82) is 0 Å². The smallest absolute Gasteiger partial charge is 0.316 e. The summed E-state index contributed by atoms with van der Waals surface area (Å²) in [4.78, 5) is 8.68. The molecule has 0 bridgehead atoms. The molecule has 0 atom stereocenters. The summed E-state index contributed by atoms with van der Waals surface area (Å²) in [5.74, 6) is 0.504. The molecule has 0 saturated carbocycles. The fourth-order valence-corrected chi connectivity index (χ4v) is 2.05. The topological polar surface area (TPSA) is 35.0 Å². The molecule has 3 heteroatoms. The monoisotopic (exact) mass is 256 g/mol. The molecule has 0 saturated heterocycles. The molecule has 0 N–H and O–H groups in total. The number of ether oxygens (including phenoxy) is 1. The predicted octanol–water partition coefficient (Wildman–Crippen LogP) is 3.89. The maximum atomic E-state index is 5.15. The first-order valence-corrected chi connectivity index (χ1v) is 6.52. The molecule has 0 aliphatic heterocycles. The highest BCUT2D eigenvalue weighted by molar-refractivity contribution is 5.65. The minimum absolute atomic E-state index is 0.421. The summed E-state index contributed by atoms with van der Waals surface area (Å²) in [5.41, 5.74) is 5.51. The molecule has 19 heavy (non-hydrogen) atoms. The van der Waals surface area contributed by atoms with Gasteiger partial charge in [0.15, 0.2) is 0 Å². The molecular formula is C16H20N2O. The van der Waals surface area contributed by atoms with E-state index in [9.17, 15) is 0 Å². The zero-order valence-electron chi connectivity index (χ0n) is 12.2. The van der Waals surface area contributed by atoms with Crippen molar-refractivity contribution in [3.8, 4) is 17.3 Å². The molecule has 0 amide bonds. The zero-order chi connectivity index (χ0) is 14.0. The minimum atomic E-state index is 0.421. The van der Waals surface area contributed by atoms with E-state index in [1.54, 1.807) is 7.11 Å². The Labute approximate surface area is 114 Å². The third-order valence-corrected chi connectivity index (χ3v) is 3.22. The van der Waals surface area contributed by atoms with Crippen LogP contribution in [0.3, 0.4) is 0 Å². The van der Waals surface area contributed by atoms with E-state index in [0.717, 1.165) is 17.0 Å². The summed E-state index contributed by atoms with van der Waals surface area (Å²) in [6, 6.07) is 8.95. The number of nitrogens with zero attached hydrogens (tertiary/aromatic N) is 2. The van der Waals surface area contributed by atoms with Crippen LogP contribution in [0.1, 0.15) is 36.6 Å². The molecule has 0 fully saturated rings. The normalized spacial score (nSPS) is 10.8. The molecule has 0 radical (unpaired) electrons. The third-order valence-electron chi connectivity index (χ3n) is 3.22. The highest BCUT2D eigenvalue weighted by Gasteiger charge is 2.09. The van der Waals surface area contributed by atoms with Gasteiger partial charge in [-0.05, 0) is 43.0 Å². The Kier molecular flexibility index (Phi) is 3.84. The van der Waals surface area contributed by atoms with E-state index in [4.69, 9.17) is 4.74 Å². The quantitative estimate of drug-likeness (QED) is 0.835. The molecule has 1 aromatic carbocycles. The lowest BCUT2D eigenvalue weighted by Crippen LogP contribution is -1.98. The summed E-state index contributed by atoms with van der Waals surface area (Å²) in [6.45, 7) is 8.44. The van der Waals surface area contributed by atoms with Gasteiger partial charge < -0.3 is 4.74 Å². The van der Waals surface area contributed by atoms with Gasteiger partial charge in [-0.3, -0.25) is 0 Å². The van der Waals surface area contributed by atoms with Crippen LogP contribution >= 0.6 is 0 Å². The van der Waals surface area contributed by atoms with E-state index in [1.165, 1.54) is 11.1 Å². The maximum Gasteiger partial charge on any atom is 0.316 e. The first kappa shape index (κ1) is 13.5. The molecule has 0 unspecified atom stereocenters. The summed E-state index contributed by atoms with van der Waals surface area (Å²) >= 11 is 0. The van der Waals surface area contributed by atoms with Crippen LogP contribution in [0, 0.1) is 13.8 Å². The van der Waals surface area contributed by atoms with Crippen molar-refractivity contribution in [3.63, 3.8) is 0 Å². The Hall–Kier alpha value is -1.90. The van der Waals surface area contributed by atoms with Crippen LogP contribution in [0.5, 0.6) is 6.01 Å². The standard InChI is InChI=1S/C16H20N2O/c1-10(2)13-7-6-11(3)14(9-13)15-8-12(4)17-16(18-15)19-5/h6-10H,1-5H3. The lowest BCUT2D eigenvalue weighted by atomic mass is 9.96. The predicted molar refractivity (Wildman–Crippen MR) is 77.6 cm³/mol. The molecule has 0 aliphatic rings. The van der Waals surface area contributed by atoms with E-state index in [1.807, 2.05) is 13.0 Å². The van der Waals surface area contributed by atoms with Crippen LogP contribution < -0.4 is 4.74 Å². The van der Waals surface area contributed by atoms with Crippen LogP contribution in [0.4, 0.5) is 0 Å². The Morgan fingerprint density at radius 1 is 1.05 bits per heavy atom. The van der Waals surface area contributed by atoms with E-state index >= 15 is 0 Å². The van der Waals surface area contributed by atoms with Crippen molar-refractivity contribution >= 4 is 0 Å². The summed E-state index contributed by atoms with van der Waals surface area (Å²) in [5, 5.41) is 0. The lowest BCUT2D eigenvalue weighted by Gasteiger charge is -2.12. The second kappa shape index (κ2) is 5.39. The molecule has 2 aromatic rings. The minimum Gasteiger partial charge on any atom is -0.467 e. The number of hydrogen-bond donors (Lipinski definition) is 0. The Morgan fingerprint density at radius 2 is 1.79 bits per heavy atom. The molecule has 1 aromatic heterocycles. The Morgan fingerprint density at radius 3 is 2.42 bits per heavy atom. The SMILES string of the molecule is COc1nc(C)cc(-c2cc(C(C)C)ccc2C)n1. The van der Waals surface area contributed by atoms with E-state index < -0.39 is 0 Å². The second-order valence-corrected chi connectivity index (χ2v) is 5.11. The molecule has 2 rings (SSSR count). The Balaban J connectivity index is 2.57. The van der Waals surface area contributed by atoms with E-state index in [2.05, 4.69) is 48.9 Å². The van der Waals surface area contributed by atoms with Crippen molar-refractivity contribution < 1.29 is 4.74 Å². The van der Waals surface area contributed by atoms with Crippen LogP contribution in [0.25, 0.3) is 11.3 Å². The van der Waals surface area contributed by atoms with Gasteiger partial charge in [-0.15, -0.1) is 0 Å². The van der Waals surface area contributed by atoms with Gasteiger partial charge >= 0.3 is 6.01 Å². The van der Waals surface area contributed by atoms with Gasteiger partial charge in [0.05, 0.1) is 12.8 Å². The summed E-state index contributed by atoms with van der Waals surface area (Å²) in [6.07, 6.45) is 0. The largest absolute Gasteiger partial charge is 0.467 e. The van der Waals surface area contributed by atoms with Gasteiger partial charge in [-0.1, -0.05) is 26.0 Å². The lowest BCUT2D eigenvalue weighted by molar-refractivity contribution is 0.379. The highest BCUT2D eigenvalue weighted by atomic mass is 16.5. The highest BCUT2D eigenvalue weighted by Crippen LogP contribution is 2.27. The number of rotatable bonds is 3. The van der Waals surface area contributed by atoms with Crippen molar-refractivity contribution in [2.75, 3.05) is 7.11 Å². The van der Waals surface area contributed by atoms with Crippen LogP contribution in [-0.2, 0) is 0 Å². The van der Waals surface area contributed by atoms with Crippen molar-refractivity contribution in [3.05, 3.63) is 41.1 Å². The fraction of sp³-hybridized carbons (Fsp3) is 0.375. The summed E-state index contributed by atoms with van der Waals surface area (Å²) < 4.78 is 5.15. The Bertz CT molecular complexity index is 591. The van der Waals surface area contributed by atoms with Crippen LogP contribution in [0.2, 0.25) is 0 Å². The van der Waals surface area contributed by atoms with Gasteiger partial charge in [-0.2, -0.15) is 4.98 Å². The maximum absolute atomic E-state index is 5.15. The molecular weight excluding hydrogens is 236 g/mol.